The quantitative estimate of drug-likeness (QED) is 0.0301. The van der Waals surface area contributed by atoms with Gasteiger partial charge in [0.15, 0.2) is 0 Å². The molecule has 0 spiro atoms. The van der Waals surface area contributed by atoms with Crippen molar-refractivity contribution in [3.63, 3.8) is 0 Å². The van der Waals surface area contributed by atoms with Gasteiger partial charge in [-0.05, 0) is 12.2 Å². The van der Waals surface area contributed by atoms with Gasteiger partial charge in [-0.1, -0.05) is 6.92 Å². The molecule has 0 heterocycles. The predicted octanol–water partition coefficient (Wildman–Crippen LogP) is -2.20. The van der Waals surface area contributed by atoms with Gasteiger partial charge in [-0.15, -0.1) is 0 Å². The Morgan fingerprint density at radius 3 is 1.23 bits per heavy atom. The second kappa shape index (κ2) is 39.9. The van der Waals surface area contributed by atoms with E-state index in [-0.39, 0.29) is 67.9 Å². The summed E-state index contributed by atoms with van der Waals surface area (Å²) in [6.45, 7) is 8.86. The maximum Gasteiger partial charge on any atom is 1.00 e. The monoisotopic (exact) mass is 824 g/mol. The first-order valence-electron chi connectivity index (χ1n) is 17.0. The Labute approximate surface area is 336 Å². The van der Waals surface area contributed by atoms with Gasteiger partial charge in [0.1, 0.15) is 6.61 Å². The Balaban J connectivity index is 0. The van der Waals surface area contributed by atoms with Crippen molar-refractivity contribution < 1.29 is 114 Å². The summed E-state index contributed by atoms with van der Waals surface area (Å²) in [5.41, 5.74) is 0. The zero-order valence-corrected chi connectivity index (χ0v) is 36.5. The van der Waals surface area contributed by atoms with E-state index in [1.165, 1.54) is 0 Å². The van der Waals surface area contributed by atoms with Crippen LogP contribution in [0, 0.1) is 5.92 Å². The average molecular weight is 825 g/mol. The average Bonchev–Trinajstić information content (AvgIpc) is 3.11. The molecule has 0 aromatic heterocycles. The fourth-order valence-electron chi connectivity index (χ4n) is 3.69. The SMILES string of the molecule is CO[Si](CCCSCC(C)C(=O)OCCOCCOCCOCCOCCOCCOCCOCCOCCOCCOP(=O)([O-])O)(OC)OC.[Na+]. The summed E-state index contributed by atoms with van der Waals surface area (Å²) in [7, 11) is -2.42. The number of carbonyl (C=O) groups is 1. The van der Waals surface area contributed by atoms with Gasteiger partial charge in [0.2, 0.25) is 0 Å². The van der Waals surface area contributed by atoms with Crippen molar-refractivity contribution in [2.24, 2.45) is 5.92 Å². The summed E-state index contributed by atoms with van der Waals surface area (Å²) >= 11 is 1.70. The molecule has 0 saturated carbocycles. The summed E-state index contributed by atoms with van der Waals surface area (Å²) in [5.74, 6) is 1.13. The molecule has 2 unspecified atom stereocenters. The maximum atomic E-state index is 12.2. The van der Waals surface area contributed by atoms with Crippen LogP contribution in [0.2, 0.25) is 6.04 Å². The molecule has 0 radical (unpaired) electrons. The Hall–Kier alpha value is 0.667. The van der Waals surface area contributed by atoms with Gasteiger partial charge in [0.25, 0.3) is 7.82 Å². The van der Waals surface area contributed by atoms with E-state index in [1.807, 2.05) is 6.92 Å². The van der Waals surface area contributed by atoms with Gasteiger partial charge in [0.05, 0.1) is 131 Å². The molecule has 0 aliphatic carbocycles. The molecule has 0 bridgehead atoms. The fraction of sp³-hybridized carbons (Fsp3) is 0.967. The molecule has 0 saturated heterocycles. The van der Waals surface area contributed by atoms with E-state index in [1.54, 1.807) is 33.1 Å². The van der Waals surface area contributed by atoms with Crippen LogP contribution in [0.15, 0.2) is 0 Å². The largest absolute Gasteiger partial charge is 1.00 e. The number of carbonyl (C=O) groups excluding carboxylic acids is 1. The molecule has 52 heavy (non-hydrogen) atoms. The van der Waals surface area contributed by atoms with Crippen LogP contribution in [-0.2, 0) is 74.5 Å². The molecule has 0 aromatic carbocycles. The minimum absolute atomic E-state index is 0. The van der Waals surface area contributed by atoms with E-state index >= 15 is 0 Å². The van der Waals surface area contributed by atoms with Crippen LogP contribution < -0.4 is 34.5 Å². The molecule has 22 heteroatoms. The number of hydrogen-bond donors (Lipinski definition) is 1. The number of esters is 1. The smallest absolute Gasteiger partial charge is 0.756 e. The summed E-state index contributed by atoms with van der Waals surface area (Å²) < 4.78 is 84.5. The van der Waals surface area contributed by atoms with E-state index in [9.17, 15) is 14.3 Å². The third-order valence-corrected chi connectivity index (χ3v) is 11.1. The number of hydrogen-bond acceptors (Lipinski definition) is 18. The van der Waals surface area contributed by atoms with Crippen LogP contribution in [0.1, 0.15) is 13.3 Å². The van der Waals surface area contributed by atoms with Gasteiger partial charge >= 0.3 is 44.3 Å². The van der Waals surface area contributed by atoms with Crippen LogP contribution in [-0.4, -0.2) is 185 Å². The normalized spacial score (nSPS) is 13.5. The van der Waals surface area contributed by atoms with Gasteiger partial charge in [-0.3, -0.25) is 9.36 Å². The van der Waals surface area contributed by atoms with E-state index < -0.39 is 16.6 Å². The molecular formula is C30H62NaO18PSSi. The van der Waals surface area contributed by atoms with Crippen LogP contribution >= 0.6 is 19.6 Å². The molecule has 0 aromatic rings. The number of thioether (sulfide) groups is 1. The minimum Gasteiger partial charge on any atom is -0.756 e. The molecule has 0 rings (SSSR count). The van der Waals surface area contributed by atoms with Crippen molar-refractivity contribution >= 4 is 34.4 Å². The maximum absolute atomic E-state index is 12.2. The van der Waals surface area contributed by atoms with Gasteiger partial charge in [-0.25, -0.2) is 0 Å². The van der Waals surface area contributed by atoms with Crippen molar-refractivity contribution in [2.75, 3.05) is 165 Å². The first-order valence-corrected chi connectivity index (χ1v) is 21.6. The van der Waals surface area contributed by atoms with E-state index in [4.69, 9.17) is 65.5 Å². The number of phosphoric ester groups is 1. The predicted molar refractivity (Wildman–Crippen MR) is 187 cm³/mol. The van der Waals surface area contributed by atoms with Crippen LogP contribution in [0.3, 0.4) is 0 Å². The van der Waals surface area contributed by atoms with Crippen molar-refractivity contribution in [1.82, 2.24) is 0 Å². The molecule has 2 atom stereocenters. The van der Waals surface area contributed by atoms with Crippen LogP contribution in [0.25, 0.3) is 0 Å². The third kappa shape index (κ3) is 37.6. The fourth-order valence-corrected chi connectivity index (χ4v) is 6.98. The Kier molecular flexibility index (Phi) is 42.0. The first-order chi connectivity index (χ1) is 24.7. The van der Waals surface area contributed by atoms with E-state index in [0.29, 0.717) is 111 Å². The molecule has 18 nitrogen and oxygen atoms in total. The van der Waals surface area contributed by atoms with E-state index in [2.05, 4.69) is 4.52 Å². The van der Waals surface area contributed by atoms with Crippen molar-refractivity contribution in [3.05, 3.63) is 0 Å². The molecule has 0 amide bonds. The number of rotatable bonds is 41. The van der Waals surface area contributed by atoms with Crippen LogP contribution in [0.4, 0.5) is 0 Å². The molecule has 306 valence electrons. The van der Waals surface area contributed by atoms with Gasteiger partial charge < -0.3 is 75.0 Å². The zero-order chi connectivity index (χ0) is 37.7. The van der Waals surface area contributed by atoms with Crippen molar-refractivity contribution in [2.45, 2.75) is 19.4 Å². The third-order valence-electron chi connectivity index (χ3n) is 6.41. The standard InChI is InChI=1S/C30H63O18PSSi.Na/c1-29(28-50-26-5-27-51(35-2,36-3)37-4)30(31)47-24-22-45-20-18-43-16-14-41-12-10-39-8-6-38-7-9-40-11-13-42-15-17-44-19-21-46-23-25-48-49(32,33)34;/h29H,5-28H2,1-4H3,(H2,32,33,34);/q;+1/p-1. The minimum atomic E-state index is -4.69. The summed E-state index contributed by atoms with van der Waals surface area (Å²) in [5, 5.41) is 0. The molecule has 1 N–H and O–H groups in total. The topological polar surface area (TPSA) is 207 Å². The summed E-state index contributed by atoms with van der Waals surface area (Å²) in [6.07, 6.45) is 0.883. The van der Waals surface area contributed by atoms with Crippen molar-refractivity contribution in [1.29, 1.82) is 0 Å². The molecule has 0 fully saturated rings. The summed E-state index contributed by atoms with van der Waals surface area (Å²) in [4.78, 5) is 30.9. The zero-order valence-electron chi connectivity index (χ0n) is 31.8. The van der Waals surface area contributed by atoms with Crippen molar-refractivity contribution in [3.8, 4) is 0 Å². The second-order valence-electron chi connectivity index (χ2n) is 10.4. The summed E-state index contributed by atoms with van der Waals surface area (Å²) in [6, 6.07) is 0.732. The first kappa shape index (κ1) is 54.8. The number of ether oxygens (including phenoxy) is 10. The van der Waals surface area contributed by atoms with Gasteiger partial charge in [0, 0.05) is 33.1 Å². The Morgan fingerprint density at radius 1 is 0.615 bits per heavy atom. The number of phosphoric acid groups is 1. The molecule has 0 aliphatic heterocycles. The Bertz CT molecular complexity index is 812. The van der Waals surface area contributed by atoms with E-state index in [0.717, 1.165) is 18.2 Å². The Morgan fingerprint density at radius 2 is 0.923 bits per heavy atom. The van der Waals surface area contributed by atoms with Gasteiger partial charge in [-0.2, -0.15) is 11.8 Å². The van der Waals surface area contributed by atoms with Crippen LogP contribution in [0.5, 0.6) is 0 Å². The second-order valence-corrected chi connectivity index (χ2v) is 15.8. The molecule has 0 aliphatic rings. The molecular weight excluding hydrogens is 762 g/mol.